The van der Waals surface area contributed by atoms with Crippen LogP contribution in [0, 0.1) is 0 Å². The summed E-state index contributed by atoms with van der Waals surface area (Å²) in [5.74, 6) is -0.829. The number of carboxylic acids is 1. The van der Waals surface area contributed by atoms with E-state index < -0.39 is 5.97 Å². The van der Waals surface area contributed by atoms with Crippen LogP contribution in [0.4, 0.5) is 5.82 Å². The first-order valence-electron chi connectivity index (χ1n) is 5.23. The maximum absolute atomic E-state index is 11.0. The molecule has 8 nitrogen and oxygen atoms in total. The molecule has 0 radical (unpaired) electrons. The number of rotatable bonds is 4. The van der Waals surface area contributed by atoms with Gasteiger partial charge in [0.1, 0.15) is 6.33 Å². The zero-order chi connectivity index (χ0) is 13.1. The fourth-order valence-electron chi connectivity index (χ4n) is 1.52. The molecule has 0 aliphatic carbocycles. The van der Waals surface area contributed by atoms with Gasteiger partial charge in [0.2, 0.25) is 5.91 Å². The van der Waals surface area contributed by atoms with Crippen LogP contribution >= 0.6 is 0 Å². The summed E-state index contributed by atoms with van der Waals surface area (Å²) in [6.45, 7) is 1.64. The van der Waals surface area contributed by atoms with E-state index in [2.05, 4.69) is 20.3 Å². The first-order chi connectivity index (χ1) is 8.58. The number of carboxylic acid groups (broad SMARTS) is 1. The number of aliphatic carboxylic acids is 1. The van der Waals surface area contributed by atoms with Crippen LogP contribution in [0.25, 0.3) is 11.2 Å². The predicted octanol–water partition coefficient (Wildman–Crippen LogP) is 0.259. The van der Waals surface area contributed by atoms with Crippen molar-refractivity contribution in [1.29, 1.82) is 0 Å². The van der Waals surface area contributed by atoms with E-state index in [1.807, 2.05) is 0 Å². The fraction of sp³-hybridized carbons (Fsp3) is 0.300. The van der Waals surface area contributed by atoms with Crippen LogP contribution in [0.1, 0.15) is 13.3 Å². The molecule has 0 atom stereocenters. The molecule has 8 heteroatoms. The van der Waals surface area contributed by atoms with Gasteiger partial charge < -0.3 is 15.0 Å². The molecule has 2 rings (SSSR count). The molecular weight excluding hydrogens is 238 g/mol. The van der Waals surface area contributed by atoms with Gasteiger partial charge in [-0.15, -0.1) is 0 Å². The Hall–Kier alpha value is -2.51. The minimum absolute atomic E-state index is 0.0229. The van der Waals surface area contributed by atoms with Crippen molar-refractivity contribution in [2.24, 2.45) is 0 Å². The number of aromatic nitrogens is 4. The van der Waals surface area contributed by atoms with Crippen molar-refractivity contribution >= 4 is 28.9 Å². The average Bonchev–Trinajstić information content (AvgIpc) is 2.70. The zero-order valence-corrected chi connectivity index (χ0v) is 9.62. The maximum Gasteiger partial charge on any atom is 0.305 e. The number of amides is 1. The Morgan fingerprint density at radius 2 is 2.17 bits per heavy atom. The highest BCUT2D eigenvalue weighted by atomic mass is 16.4. The Morgan fingerprint density at radius 1 is 1.39 bits per heavy atom. The number of nitrogens with one attached hydrogen (secondary N) is 1. The molecule has 0 unspecified atom stereocenters. The van der Waals surface area contributed by atoms with Crippen molar-refractivity contribution in [3.63, 3.8) is 0 Å². The number of carbonyl (C=O) groups is 2. The largest absolute Gasteiger partial charge is 0.481 e. The maximum atomic E-state index is 11.0. The molecule has 2 heterocycles. The van der Waals surface area contributed by atoms with Crippen molar-refractivity contribution in [3.05, 3.63) is 12.7 Å². The van der Waals surface area contributed by atoms with Gasteiger partial charge in [0.15, 0.2) is 17.0 Å². The third-order valence-electron chi connectivity index (χ3n) is 2.26. The van der Waals surface area contributed by atoms with Gasteiger partial charge in [-0.1, -0.05) is 0 Å². The van der Waals surface area contributed by atoms with Crippen LogP contribution in [0.3, 0.4) is 0 Å². The normalized spacial score (nSPS) is 10.5. The second-order valence-corrected chi connectivity index (χ2v) is 3.66. The number of carbonyl (C=O) groups excluding carboxylic acids is 1. The van der Waals surface area contributed by atoms with Crippen LogP contribution in [0.2, 0.25) is 0 Å². The minimum Gasteiger partial charge on any atom is -0.481 e. The summed E-state index contributed by atoms with van der Waals surface area (Å²) < 4.78 is 1.61. The molecule has 2 aromatic heterocycles. The Balaban J connectivity index is 2.35. The number of fused-ring (bicyclic) bond motifs is 1. The third kappa shape index (κ3) is 2.42. The Bertz CT molecular complexity index is 607. The lowest BCUT2D eigenvalue weighted by Gasteiger charge is -2.03. The van der Waals surface area contributed by atoms with E-state index in [9.17, 15) is 9.59 Å². The predicted molar refractivity (Wildman–Crippen MR) is 61.9 cm³/mol. The molecule has 2 aromatic rings. The van der Waals surface area contributed by atoms with Crippen LogP contribution < -0.4 is 5.32 Å². The van der Waals surface area contributed by atoms with Gasteiger partial charge in [-0.2, -0.15) is 0 Å². The minimum atomic E-state index is -0.895. The average molecular weight is 249 g/mol. The number of nitrogens with zero attached hydrogens (tertiary/aromatic N) is 4. The van der Waals surface area contributed by atoms with Gasteiger partial charge in [-0.3, -0.25) is 9.59 Å². The molecule has 0 saturated heterocycles. The van der Waals surface area contributed by atoms with Crippen LogP contribution in [0.5, 0.6) is 0 Å². The van der Waals surface area contributed by atoms with E-state index in [4.69, 9.17) is 5.11 Å². The van der Waals surface area contributed by atoms with E-state index in [1.165, 1.54) is 19.6 Å². The van der Waals surface area contributed by atoms with Gasteiger partial charge in [0.05, 0.1) is 12.7 Å². The number of aryl methyl sites for hydroxylation is 1. The third-order valence-corrected chi connectivity index (χ3v) is 2.26. The standard InChI is InChI=1S/C10H11N5O3/c1-6(16)14-9-8-10(12-4-11-9)15(5-13-8)3-2-7(17)18/h4-5H,2-3H2,1H3,(H,17,18)(H,11,12,14,16). The number of anilines is 1. The van der Waals surface area contributed by atoms with Crippen LogP contribution in [-0.4, -0.2) is 36.5 Å². The Kier molecular flexibility index (Phi) is 3.18. The van der Waals surface area contributed by atoms with Gasteiger partial charge in [-0.05, 0) is 0 Å². The van der Waals surface area contributed by atoms with Crippen molar-refractivity contribution in [2.75, 3.05) is 5.32 Å². The van der Waals surface area contributed by atoms with Crippen molar-refractivity contribution in [3.8, 4) is 0 Å². The van der Waals surface area contributed by atoms with E-state index in [-0.39, 0.29) is 18.9 Å². The summed E-state index contributed by atoms with van der Waals surface area (Å²) in [7, 11) is 0. The SMILES string of the molecule is CC(=O)Nc1ncnc2c1ncn2CCC(=O)O. The molecule has 0 aliphatic heterocycles. The second kappa shape index (κ2) is 4.78. The highest BCUT2D eigenvalue weighted by Crippen LogP contribution is 2.17. The summed E-state index contributed by atoms with van der Waals surface area (Å²) in [5.41, 5.74) is 0.938. The molecule has 0 aromatic carbocycles. The molecule has 0 fully saturated rings. The van der Waals surface area contributed by atoms with Crippen molar-refractivity contribution < 1.29 is 14.7 Å². The number of imidazole rings is 1. The number of hydrogen-bond acceptors (Lipinski definition) is 5. The molecule has 0 aliphatic rings. The van der Waals surface area contributed by atoms with E-state index in [1.54, 1.807) is 4.57 Å². The summed E-state index contributed by atoms with van der Waals surface area (Å²) in [6, 6.07) is 0. The lowest BCUT2D eigenvalue weighted by Crippen LogP contribution is -2.09. The molecule has 0 saturated carbocycles. The van der Waals surface area contributed by atoms with Crippen molar-refractivity contribution in [1.82, 2.24) is 19.5 Å². The monoisotopic (exact) mass is 249 g/mol. The molecule has 0 bridgehead atoms. The Labute approximate surface area is 102 Å². The highest BCUT2D eigenvalue weighted by Gasteiger charge is 2.11. The summed E-state index contributed by atoms with van der Waals surface area (Å²) >= 11 is 0. The van der Waals surface area contributed by atoms with Gasteiger partial charge in [0, 0.05) is 13.5 Å². The smallest absolute Gasteiger partial charge is 0.305 e. The molecular formula is C10H11N5O3. The molecule has 18 heavy (non-hydrogen) atoms. The summed E-state index contributed by atoms with van der Waals surface area (Å²) in [6.07, 6.45) is 2.76. The topological polar surface area (TPSA) is 110 Å². The van der Waals surface area contributed by atoms with Gasteiger partial charge >= 0.3 is 5.97 Å². The van der Waals surface area contributed by atoms with Crippen LogP contribution in [-0.2, 0) is 16.1 Å². The van der Waals surface area contributed by atoms with E-state index in [0.29, 0.717) is 17.0 Å². The molecule has 2 N–H and O–H groups in total. The van der Waals surface area contributed by atoms with Crippen molar-refractivity contribution in [2.45, 2.75) is 19.9 Å². The summed E-state index contributed by atoms with van der Waals surface area (Å²) in [4.78, 5) is 33.5. The Morgan fingerprint density at radius 3 is 2.83 bits per heavy atom. The fourth-order valence-corrected chi connectivity index (χ4v) is 1.52. The molecule has 0 spiro atoms. The summed E-state index contributed by atoms with van der Waals surface area (Å²) in [5, 5.41) is 11.2. The first-order valence-corrected chi connectivity index (χ1v) is 5.23. The lowest BCUT2D eigenvalue weighted by molar-refractivity contribution is -0.137. The lowest BCUT2D eigenvalue weighted by atomic mass is 10.4. The van der Waals surface area contributed by atoms with Gasteiger partial charge in [-0.25, -0.2) is 15.0 Å². The first kappa shape index (κ1) is 12.0. The second-order valence-electron chi connectivity index (χ2n) is 3.66. The quantitative estimate of drug-likeness (QED) is 0.804. The highest BCUT2D eigenvalue weighted by molar-refractivity contribution is 5.95. The van der Waals surface area contributed by atoms with E-state index >= 15 is 0 Å². The molecule has 94 valence electrons. The van der Waals surface area contributed by atoms with E-state index in [0.717, 1.165) is 0 Å². The number of hydrogen-bond donors (Lipinski definition) is 2. The van der Waals surface area contributed by atoms with Gasteiger partial charge in [0.25, 0.3) is 0 Å². The molecule has 1 amide bonds. The van der Waals surface area contributed by atoms with Crippen LogP contribution in [0.15, 0.2) is 12.7 Å². The zero-order valence-electron chi connectivity index (χ0n) is 9.62.